The molecule has 0 radical (unpaired) electrons. The standard InChI is InChI=1S/C35H68O4/c1-5-7-9-11-20-24-30-38-34(36)27-23-19-17-15-13-14-16-18-22-26-33(32(3)4)28-29-35(37)39-31-25-21-12-10-8-6-2/h32-33H,5-31H2,1-4H3. The molecule has 0 aliphatic carbocycles. The highest BCUT2D eigenvalue weighted by atomic mass is 16.5. The molecule has 0 rings (SSSR count). The predicted octanol–water partition coefficient (Wildman–Crippen LogP) is 11.1. The van der Waals surface area contributed by atoms with Gasteiger partial charge in [0.25, 0.3) is 0 Å². The van der Waals surface area contributed by atoms with Gasteiger partial charge in [0.1, 0.15) is 0 Å². The number of esters is 2. The second-order valence-electron chi connectivity index (χ2n) is 12.2. The first-order chi connectivity index (χ1) is 19.0. The Morgan fingerprint density at radius 3 is 1.31 bits per heavy atom. The minimum absolute atomic E-state index is 0.000679. The summed E-state index contributed by atoms with van der Waals surface area (Å²) < 4.78 is 10.8. The van der Waals surface area contributed by atoms with Crippen molar-refractivity contribution in [2.75, 3.05) is 13.2 Å². The third-order valence-electron chi connectivity index (χ3n) is 8.14. The lowest BCUT2D eigenvalue weighted by atomic mass is 9.86. The van der Waals surface area contributed by atoms with Crippen molar-refractivity contribution < 1.29 is 19.1 Å². The van der Waals surface area contributed by atoms with E-state index in [9.17, 15) is 9.59 Å². The molecular weight excluding hydrogens is 484 g/mol. The fourth-order valence-corrected chi connectivity index (χ4v) is 5.31. The van der Waals surface area contributed by atoms with Gasteiger partial charge in [0.05, 0.1) is 13.2 Å². The van der Waals surface area contributed by atoms with Gasteiger partial charge >= 0.3 is 11.9 Å². The number of unbranched alkanes of at least 4 members (excludes halogenated alkanes) is 18. The van der Waals surface area contributed by atoms with Crippen LogP contribution >= 0.6 is 0 Å². The predicted molar refractivity (Wildman–Crippen MR) is 167 cm³/mol. The minimum atomic E-state index is -0.00619. The number of hydrogen-bond donors (Lipinski definition) is 0. The lowest BCUT2D eigenvalue weighted by molar-refractivity contribution is -0.145. The Hall–Kier alpha value is -1.06. The first-order valence-electron chi connectivity index (χ1n) is 17.3. The van der Waals surface area contributed by atoms with Crippen LogP contribution in [-0.2, 0) is 19.1 Å². The lowest BCUT2D eigenvalue weighted by Crippen LogP contribution is -2.13. The Bertz CT molecular complexity index is 531. The van der Waals surface area contributed by atoms with Crippen LogP contribution in [0.3, 0.4) is 0 Å². The highest BCUT2D eigenvalue weighted by molar-refractivity contribution is 5.69. The lowest BCUT2D eigenvalue weighted by Gasteiger charge is -2.20. The third-order valence-corrected chi connectivity index (χ3v) is 8.14. The topological polar surface area (TPSA) is 52.6 Å². The summed E-state index contributed by atoms with van der Waals surface area (Å²) in [6.45, 7) is 10.3. The smallest absolute Gasteiger partial charge is 0.305 e. The van der Waals surface area contributed by atoms with E-state index in [1.165, 1.54) is 116 Å². The Labute approximate surface area is 244 Å². The van der Waals surface area contributed by atoms with E-state index in [1.807, 2.05) is 0 Å². The molecule has 4 heteroatoms. The van der Waals surface area contributed by atoms with E-state index in [0.29, 0.717) is 37.9 Å². The molecule has 0 aliphatic rings. The fraction of sp³-hybridized carbons (Fsp3) is 0.943. The van der Waals surface area contributed by atoms with Crippen LogP contribution in [0.5, 0.6) is 0 Å². The summed E-state index contributed by atoms with van der Waals surface area (Å²) in [5.41, 5.74) is 0. The number of carbonyl (C=O) groups is 2. The first-order valence-corrected chi connectivity index (χ1v) is 17.3. The molecular formula is C35H68O4. The van der Waals surface area contributed by atoms with Crippen LogP contribution in [-0.4, -0.2) is 25.2 Å². The maximum absolute atomic E-state index is 12.1. The highest BCUT2D eigenvalue weighted by Crippen LogP contribution is 2.24. The molecule has 0 fully saturated rings. The van der Waals surface area contributed by atoms with Gasteiger partial charge in [0.2, 0.25) is 0 Å². The summed E-state index contributed by atoms with van der Waals surface area (Å²) in [5.74, 6) is 1.25. The summed E-state index contributed by atoms with van der Waals surface area (Å²) in [6.07, 6.45) is 29.2. The molecule has 1 atom stereocenters. The van der Waals surface area contributed by atoms with Crippen LogP contribution in [0, 0.1) is 11.8 Å². The fourth-order valence-electron chi connectivity index (χ4n) is 5.31. The van der Waals surface area contributed by atoms with Crippen molar-refractivity contribution in [2.45, 2.75) is 188 Å². The molecule has 1 unspecified atom stereocenters. The van der Waals surface area contributed by atoms with Crippen LogP contribution < -0.4 is 0 Å². The minimum Gasteiger partial charge on any atom is -0.466 e. The summed E-state index contributed by atoms with van der Waals surface area (Å²) >= 11 is 0. The zero-order valence-corrected chi connectivity index (χ0v) is 26.9. The average Bonchev–Trinajstić information content (AvgIpc) is 2.92. The Kier molecular flexibility index (Phi) is 29.1. The molecule has 0 N–H and O–H groups in total. The van der Waals surface area contributed by atoms with Crippen molar-refractivity contribution in [1.29, 1.82) is 0 Å². The summed E-state index contributed by atoms with van der Waals surface area (Å²) in [4.78, 5) is 23.9. The number of rotatable bonds is 30. The van der Waals surface area contributed by atoms with Crippen molar-refractivity contribution in [1.82, 2.24) is 0 Å². The van der Waals surface area contributed by atoms with Crippen molar-refractivity contribution in [3.63, 3.8) is 0 Å². The van der Waals surface area contributed by atoms with Crippen LogP contribution in [0.15, 0.2) is 0 Å². The highest BCUT2D eigenvalue weighted by Gasteiger charge is 2.15. The molecule has 39 heavy (non-hydrogen) atoms. The van der Waals surface area contributed by atoms with Gasteiger partial charge in [-0.3, -0.25) is 9.59 Å². The molecule has 0 heterocycles. The van der Waals surface area contributed by atoms with Gasteiger partial charge in [-0.05, 0) is 37.5 Å². The average molecular weight is 553 g/mol. The second kappa shape index (κ2) is 29.9. The maximum Gasteiger partial charge on any atom is 0.305 e. The van der Waals surface area contributed by atoms with Crippen LogP contribution in [0.1, 0.15) is 188 Å². The molecule has 0 saturated carbocycles. The van der Waals surface area contributed by atoms with Crippen molar-refractivity contribution in [2.24, 2.45) is 11.8 Å². The zero-order chi connectivity index (χ0) is 28.8. The van der Waals surface area contributed by atoms with Crippen molar-refractivity contribution in [3.8, 4) is 0 Å². The summed E-state index contributed by atoms with van der Waals surface area (Å²) in [7, 11) is 0. The molecule has 0 aromatic carbocycles. The summed E-state index contributed by atoms with van der Waals surface area (Å²) in [5, 5.41) is 0. The zero-order valence-electron chi connectivity index (χ0n) is 26.9. The van der Waals surface area contributed by atoms with Gasteiger partial charge in [-0.2, -0.15) is 0 Å². The number of carbonyl (C=O) groups excluding carboxylic acids is 2. The Morgan fingerprint density at radius 1 is 0.462 bits per heavy atom. The van der Waals surface area contributed by atoms with E-state index < -0.39 is 0 Å². The van der Waals surface area contributed by atoms with Crippen molar-refractivity contribution >= 4 is 11.9 Å². The van der Waals surface area contributed by atoms with Gasteiger partial charge < -0.3 is 9.47 Å². The molecule has 0 spiro atoms. The quantitative estimate of drug-likeness (QED) is 0.0656. The molecule has 0 amide bonds. The van der Waals surface area contributed by atoms with Crippen LogP contribution in [0.2, 0.25) is 0 Å². The van der Waals surface area contributed by atoms with Crippen LogP contribution in [0.25, 0.3) is 0 Å². The van der Waals surface area contributed by atoms with E-state index in [2.05, 4.69) is 27.7 Å². The van der Waals surface area contributed by atoms with E-state index >= 15 is 0 Å². The van der Waals surface area contributed by atoms with Gasteiger partial charge in [-0.1, -0.05) is 150 Å². The molecule has 0 aromatic rings. The second-order valence-corrected chi connectivity index (χ2v) is 12.2. The SMILES string of the molecule is CCCCCCCCOC(=O)CCCCCCCCCCCC(CCC(=O)OCCCCCCCC)C(C)C. The molecule has 0 bridgehead atoms. The van der Waals surface area contributed by atoms with Gasteiger partial charge in [0, 0.05) is 12.8 Å². The van der Waals surface area contributed by atoms with E-state index in [-0.39, 0.29) is 11.9 Å². The van der Waals surface area contributed by atoms with E-state index in [4.69, 9.17) is 9.47 Å². The normalized spacial score (nSPS) is 12.1. The van der Waals surface area contributed by atoms with E-state index in [1.54, 1.807) is 0 Å². The van der Waals surface area contributed by atoms with Crippen LogP contribution in [0.4, 0.5) is 0 Å². The van der Waals surface area contributed by atoms with Gasteiger partial charge in [-0.25, -0.2) is 0 Å². The molecule has 0 aromatic heterocycles. The maximum atomic E-state index is 12.1. The first kappa shape index (κ1) is 37.9. The van der Waals surface area contributed by atoms with Gasteiger partial charge in [0.15, 0.2) is 0 Å². The number of ether oxygens (including phenoxy) is 2. The molecule has 4 nitrogen and oxygen atoms in total. The Morgan fingerprint density at radius 2 is 0.846 bits per heavy atom. The molecule has 0 aliphatic heterocycles. The van der Waals surface area contributed by atoms with Gasteiger partial charge in [-0.15, -0.1) is 0 Å². The third kappa shape index (κ3) is 28.3. The Balaban J connectivity index is 3.55. The largest absolute Gasteiger partial charge is 0.466 e. The molecule has 0 saturated heterocycles. The molecule has 232 valence electrons. The van der Waals surface area contributed by atoms with Crippen molar-refractivity contribution in [3.05, 3.63) is 0 Å². The van der Waals surface area contributed by atoms with E-state index in [0.717, 1.165) is 32.1 Å². The monoisotopic (exact) mass is 553 g/mol. The summed E-state index contributed by atoms with van der Waals surface area (Å²) in [6, 6.07) is 0. The number of hydrogen-bond acceptors (Lipinski definition) is 4.